The Hall–Kier alpha value is -1.12. The van der Waals surface area contributed by atoms with Crippen LogP contribution in [0.2, 0.25) is 0 Å². The molecule has 0 spiro atoms. The Morgan fingerprint density at radius 2 is 1.94 bits per heavy atom. The fourth-order valence-electron chi connectivity index (χ4n) is 1.47. The molecule has 0 aromatic carbocycles. The molecule has 0 radical (unpaired) electrons. The SMILES string of the molecule is O=C(NC1C=CS(=O)(=O)C1)N(CCO)CCO. The van der Waals surface area contributed by atoms with E-state index in [1.807, 2.05) is 0 Å². The minimum atomic E-state index is -3.20. The number of sulfone groups is 1. The molecule has 0 aromatic heterocycles. The van der Waals surface area contributed by atoms with Gasteiger partial charge in [0, 0.05) is 18.5 Å². The van der Waals surface area contributed by atoms with E-state index < -0.39 is 21.9 Å². The number of hydrogen-bond acceptors (Lipinski definition) is 5. The molecule has 0 bridgehead atoms. The van der Waals surface area contributed by atoms with Crippen LogP contribution in [0.5, 0.6) is 0 Å². The normalized spacial score (nSPS) is 21.4. The van der Waals surface area contributed by atoms with Gasteiger partial charge in [-0.15, -0.1) is 0 Å². The van der Waals surface area contributed by atoms with E-state index in [1.165, 1.54) is 11.0 Å². The first-order chi connectivity index (χ1) is 7.98. The van der Waals surface area contributed by atoms with Crippen LogP contribution < -0.4 is 5.32 Å². The minimum Gasteiger partial charge on any atom is -0.395 e. The lowest BCUT2D eigenvalue weighted by Crippen LogP contribution is -2.47. The van der Waals surface area contributed by atoms with Crippen molar-refractivity contribution in [1.82, 2.24) is 10.2 Å². The molecule has 0 saturated carbocycles. The van der Waals surface area contributed by atoms with Crippen LogP contribution in [0.25, 0.3) is 0 Å². The zero-order valence-electron chi connectivity index (χ0n) is 9.24. The number of nitrogens with one attached hydrogen (secondary N) is 1. The fraction of sp³-hybridized carbons (Fsp3) is 0.667. The number of hydrogen-bond donors (Lipinski definition) is 3. The van der Waals surface area contributed by atoms with Crippen molar-refractivity contribution in [3.8, 4) is 0 Å². The summed E-state index contributed by atoms with van der Waals surface area (Å²) in [5.41, 5.74) is 0. The Labute approximate surface area is 99.6 Å². The van der Waals surface area contributed by atoms with Crippen LogP contribution in [0.3, 0.4) is 0 Å². The van der Waals surface area contributed by atoms with Crippen molar-refractivity contribution in [3.05, 3.63) is 11.5 Å². The molecular weight excluding hydrogens is 248 g/mol. The Morgan fingerprint density at radius 1 is 1.35 bits per heavy atom. The molecule has 0 saturated heterocycles. The van der Waals surface area contributed by atoms with Crippen LogP contribution in [0, 0.1) is 0 Å². The monoisotopic (exact) mass is 264 g/mol. The number of carbonyl (C=O) groups excluding carboxylic acids is 1. The molecule has 1 aliphatic rings. The van der Waals surface area contributed by atoms with Gasteiger partial charge in [-0.2, -0.15) is 0 Å². The summed E-state index contributed by atoms with van der Waals surface area (Å²) < 4.78 is 22.2. The molecule has 2 amide bonds. The van der Waals surface area contributed by atoms with Gasteiger partial charge in [-0.05, 0) is 6.08 Å². The van der Waals surface area contributed by atoms with Gasteiger partial charge in [0.1, 0.15) is 0 Å². The summed E-state index contributed by atoms with van der Waals surface area (Å²) in [7, 11) is -3.20. The molecule has 3 N–H and O–H groups in total. The number of aliphatic hydroxyl groups excluding tert-OH is 2. The van der Waals surface area contributed by atoms with Gasteiger partial charge < -0.3 is 20.4 Å². The van der Waals surface area contributed by atoms with E-state index in [0.29, 0.717) is 0 Å². The average molecular weight is 264 g/mol. The number of rotatable bonds is 5. The van der Waals surface area contributed by atoms with Crippen molar-refractivity contribution in [3.63, 3.8) is 0 Å². The standard InChI is InChI=1S/C9H16N2O5S/c12-4-2-11(3-5-13)9(14)10-8-1-6-17(15,16)7-8/h1,6,8,12-13H,2-5,7H2,(H,10,14). The Kier molecular flexibility index (Phi) is 4.91. The summed E-state index contributed by atoms with van der Waals surface area (Å²) >= 11 is 0. The van der Waals surface area contributed by atoms with Crippen molar-refractivity contribution in [2.75, 3.05) is 32.1 Å². The second-order valence-electron chi connectivity index (χ2n) is 3.65. The third-order valence-corrected chi connectivity index (χ3v) is 3.66. The maximum atomic E-state index is 11.7. The van der Waals surface area contributed by atoms with Gasteiger partial charge in [0.15, 0.2) is 9.84 Å². The van der Waals surface area contributed by atoms with Crippen LogP contribution in [0.1, 0.15) is 0 Å². The molecular formula is C9H16N2O5S. The van der Waals surface area contributed by atoms with E-state index in [0.717, 1.165) is 5.41 Å². The summed E-state index contributed by atoms with van der Waals surface area (Å²) in [6, 6.07) is -1.05. The van der Waals surface area contributed by atoms with E-state index in [2.05, 4.69) is 5.32 Å². The molecule has 1 rings (SSSR count). The molecule has 0 aromatic rings. The number of carbonyl (C=O) groups is 1. The second-order valence-corrected chi connectivity index (χ2v) is 5.58. The van der Waals surface area contributed by atoms with Crippen molar-refractivity contribution in [1.29, 1.82) is 0 Å². The van der Waals surface area contributed by atoms with Crippen LogP contribution in [-0.2, 0) is 9.84 Å². The lowest BCUT2D eigenvalue weighted by Gasteiger charge is -2.22. The van der Waals surface area contributed by atoms with Gasteiger partial charge >= 0.3 is 6.03 Å². The third kappa shape index (κ3) is 4.33. The highest BCUT2D eigenvalue weighted by atomic mass is 32.2. The predicted molar refractivity (Wildman–Crippen MR) is 61.0 cm³/mol. The maximum absolute atomic E-state index is 11.7. The summed E-state index contributed by atoms with van der Waals surface area (Å²) in [6.07, 6.45) is 1.41. The molecule has 1 aliphatic heterocycles. The first-order valence-corrected chi connectivity index (χ1v) is 6.88. The molecule has 17 heavy (non-hydrogen) atoms. The molecule has 0 fully saturated rings. The molecule has 1 atom stereocenters. The smallest absolute Gasteiger partial charge is 0.318 e. The maximum Gasteiger partial charge on any atom is 0.318 e. The summed E-state index contributed by atoms with van der Waals surface area (Å²) in [5.74, 6) is -0.148. The van der Waals surface area contributed by atoms with E-state index in [4.69, 9.17) is 10.2 Å². The van der Waals surface area contributed by atoms with Gasteiger partial charge in [0.25, 0.3) is 0 Å². The summed E-state index contributed by atoms with van der Waals surface area (Å²) in [5, 5.41) is 21.1. The van der Waals surface area contributed by atoms with Crippen molar-refractivity contribution < 1.29 is 23.4 Å². The van der Waals surface area contributed by atoms with Crippen LogP contribution in [-0.4, -0.2) is 67.7 Å². The number of amides is 2. The summed E-state index contributed by atoms with van der Waals surface area (Å²) in [6.45, 7) is -0.246. The highest BCUT2D eigenvalue weighted by Crippen LogP contribution is 2.08. The van der Waals surface area contributed by atoms with E-state index in [1.54, 1.807) is 0 Å². The molecule has 0 aliphatic carbocycles. The lowest BCUT2D eigenvalue weighted by atomic mass is 10.3. The van der Waals surface area contributed by atoms with Crippen molar-refractivity contribution >= 4 is 15.9 Å². The number of urea groups is 1. The topological polar surface area (TPSA) is 107 Å². The van der Waals surface area contributed by atoms with E-state index in [-0.39, 0.29) is 32.1 Å². The molecule has 7 nitrogen and oxygen atoms in total. The van der Waals surface area contributed by atoms with Gasteiger partial charge in [-0.1, -0.05) is 0 Å². The van der Waals surface area contributed by atoms with Crippen LogP contribution in [0.15, 0.2) is 11.5 Å². The minimum absolute atomic E-state index is 0.0928. The van der Waals surface area contributed by atoms with Crippen molar-refractivity contribution in [2.45, 2.75) is 6.04 Å². The zero-order chi connectivity index (χ0) is 12.9. The van der Waals surface area contributed by atoms with Crippen molar-refractivity contribution in [2.24, 2.45) is 0 Å². The van der Waals surface area contributed by atoms with Crippen LogP contribution >= 0.6 is 0 Å². The Morgan fingerprint density at radius 3 is 2.35 bits per heavy atom. The van der Waals surface area contributed by atoms with Gasteiger partial charge in [0.2, 0.25) is 0 Å². The third-order valence-electron chi connectivity index (χ3n) is 2.27. The number of aliphatic hydroxyl groups is 2. The lowest BCUT2D eigenvalue weighted by molar-refractivity contribution is 0.157. The van der Waals surface area contributed by atoms with Gasteiger partial charge in [-0.3, -0.25) is 0 Å². The highest BCUT2D eigenvalue weighted by Gasteiger charge is 2.24. The summed E-state index contributed by atoms with van der Waals surface area (Å²) in [4.78, 5) is 12.9. The Bertz CT molecular complexity index is 386. The fourth-order valence-corrected chi connectivity index (χ4v) is 2.71. The quantitative estimate of drug-likeness (QED) is 0.548. The van der Waals surface area contributed by atoms with Crippen LogP contribution in [0.4, 0.5) is 4.79 Å². The first kappa shape index (κ1) is 13.9. The van der Waals surface area contributed by atoms with Gasteiger partial charge in [0.05, 0.1) is 25.0 Å². The molecule has 98 valence electrons. The molecule has 1 unspecified atom stereocenters. The second kappa shape index (κ2) is 5.99. The number of nitrogens with zero attached hydrogens (tertiary/aromatic N) is 1. The first-order valence-electron chi connectivity index (χ1n) is 5.16. The van der Waals surface area contributed by atoms with Gasteiger partial charge in [-0.25, -0.2) is 13.2 Å². The largest absolute Gasteiger partial charge is 0.395 e. The Balaban J connectivity index is 2.50. The molecule has 1 heterocycles. The molecule has 8 heteroatoms. The van der Waals surface area contributed by atoms with E-state index >= 15 is 0 Å². The zero-order valence-corrected chi connectivity index (χ0v) is 10.1. The predicted octanol–water partition coefficient (Wildman–Crippen LogP) is -1.71. The van der Waals surface area contributed by atoms with E-state index in [9.17, 15) is 13.2 Å². The average Bonchev–Trinajstić information content (AvgIpc) is 2.57. The highest BCUT2D eigenvalue weighted by molar-refractivity contribution is 7.94.